The van der Waals surface area contributed by atoms with Gasteiger partial charge < -0.3 is 19.8 Å². The van der Waals surface area contributed by atoms with Crippen LogP contribution in [0.15, 0.2) is 18.2 Å². The molecule has 2 aliphatic heterocycles. The van der Waals surface area contributed by atoms with Crippen molar-refractivity contribution in [3.63, 3.8) is 0 Å². The van der Waals surface area contributed by atoms with Crippen molar-refractivity contribution in [1.29, 1.82) is 0 Å². The zero-order valence-corrected chi connectivity index (χ0v) is 13.9. The lowest BCUT2D eigenvalue weighted by molar-refractivity contribution is -0.145. The van der Waals surface area contributed by atoms with Crippen molar-refractivity contribution in [2.45, 2.75) is 56.4 Å². The summed E-state index contributed by atoms with van der Waals surface area (Å²) in [4.78, 5) is 14.4. The Hall–Kier alpha value is -1.30. The maximum absolute atomic E-state index is 12.6. The maximum atomic E-state index is 12.6. The molecule has 2 N–H and O–H groups in total. The maximum Gasteiger partial charge on any atom is 0.223 e. The van der Waals surface area contributed by atoms with Gasteiger partial charge in [-0.3, -0.25) is 4.79 Å². The molecule has 2 heterocycles. The molecule has 4 atom stereocenters. The molecule has 1 amide bonds. The van der Waals surface area contributed by atoms with Gasteiger partial charge in [-0.1, -0.05) is 17.7 Å². The molecule has 0 saturated carbocycles. The Kier molecular flexibility index (Phi) is 4.80. The first kappa shape index (κ1) is 16.6. The topological polar surface area (TPSA) is 70.0 Å². The van der Waals surface area contributed by atoms with E-state index in [0.717, 1.165) is 18.4 Å². The van der Waals surface area contributed by atoms with Gasteiger partial charge in [0.1, 0.15) is 11.9 Å². The van der Waals surface area contributed by atoms with E-state index in [9.17, 15) is 15.0 Å². The second-order valence-corrected chi connectivity index (χ2v) is 6.77. The van der Waals surface area contributed by atoms with Gasteiger partial charge in [-0.25, -0.2) is 0 Å². The molecule has 2 aliphatic rings. The normalized spacial score (nSPS) is 29.7. The number of benzene rings is 1. The number of nitrogens with zero attached hydrogens (tertiary/aromatic N) is 1. The van der Waals surface area contributed by atoms with Gasteiger partial charge in [0.25, 0.3) is 0 Å². The largest absolute Gasteiger partial charge is 0.495 e. The van der Waals surface area contributed by atoms with Crippen LogP contribution < -0.4 is 4.74 Å². The van der Waals surface area contributed by atoms with Crippen molar-refractivity contribution >= 4 is 17.5 Å². The van der Waals surface area contributed by atoms with Crippen LogP contribution in [0, 0.1) is 0 Å². The summed E-state index contributed by atoms with van der Waals surface area (Å²) in [5, 5.41) is 20.5. The van der Waals surface area contributed by atoms with Gasteiger partial charge in [-0.2, -0.15) is 0 Å². The molecule has 2 bridgehead atoms. The number of amides is 1. The van der Waals surface area contributed by atoms with E-state index >= 15 is 0 Å². The van der Waals surface area contributed by atoms with Gasteiger partial charge in [-0.15, -0.1) is 0 Å². The Morgan fingerprint density at radius 2 is 2.17 bits per heavy atom. The van der Waals surface area contributed by atoms with Gasteiger partial charge in [0.15, 0.2) is 0 Å². The molecule has 1 aromatic carbocycles. The van der Waals surface area contributed by atoms with Crippen molar-refractivity contribution in [1.82, 2.24) is 4.90 Å². The summed E-state index contributed by atoms with van der Waals surface area (Å²) in [6.45, 7) is 0. The molecule has 6 heteroatoms. The average molecular weight is 340 g/mol. The smallest absolute Gasteiger partial charge is 0.223 e. The lowest BCUT2D eigenvalue weighted by Crippen LogP contribution is -2.56. The molecule has 126 valence electrons. The minimum Gasteiger partial charge on any atom is -0.495 e. The van der Waals surface area contributed by atoms with Crippen LogP contribution >= 0.6 is 11.6 Å². The Morgan fingerprint density at radius 1 is 1.39 bits per heavy atom. The standard InChI is InChI=1S/C17H22ClNO4/c1-23-15-8-10(2-5-12(15)18)3-7-16(21)19-11-4-6-13(19)17(22)14(20)9-11/h2,5,8,11,13-14,17,20,22H,3-4,6-7,9H2,1H3/t11-,13+,14-,17+/m1/s1. The third kappa shape index (κ3) is 3.18. The number of aryl methyl sites for hydroxylation is 1. The molecule has 0 spiro atoms. The van der Waals surface area contributed by atoms with E-state index in [1.807, 2.05) is 12.1 Å². The highest BCUT2D eigenvalue weighted by Gasteiger charge is 2.47. The van der Waals surface area contributed by atoms with Crippen LogP contribution in [0.25, 0.3) is 0 Å². The summed E-state index contributed by atoms with van der Waals surface area (Å²) in [7, 11) is 1.56. The second kappa shape index (κ2) is 6.67. The summed E-state index contributed by atoms with van der Waals surface area (Å²) >= 11 is 6.01. The Bertz CT molecular complexity index is 594. The van der Waals surface area contributed by atoms with Crippen LogP contribution in [0.4, 0.5) is 0 Å². The fourth-order valence-electron chi connectivity index (χ4n) is 3.78. The molecule has 0 aliphatic carbocycles. The van der Waals surface area contributed by atoms with Gasteiger partial charge in [0.05, 0.1) is 24.3 Å². The molecule has 2 saturated heterocycles. The van der Waals surface area contributed by atoms with E-state index in [-0.39, 0.29) is 18.0 Å². The lowest BCUT2D eigenvalue weighted by Gasteiger charge is -2.40. The Balaban J connectivity index is 1.64. The molecule has 5 nitrogen and oxygen atoms in total. The minimum absolute atomic E-state index is 0.0392. The number of carbonyl (C=O) groups is 1. The first-order chi connectivity index (χ1) is 11.0. The van der Waals surface area contributed by atoms with Crippen LogP contribution in [0.2, 0.25) is 5.02 Å². The quantitative estimate of drug-likeness (QED) is 0.877. The average Bonchev–Trinajstić information content (AvgIpc) is 2.90. The summed E-state index contributed by atoms with van der Waals surface area (Å²) in [6.07, 6.45) is 1.54. The van der Waals surface area contributed by atoms with Crippen molar-refractivity contribution in [2.75, 3.05) is 7.11 Å². The number of rotatable bonds is 4. The number of aliphatic hydroxyl groups excluding tert-OH is 2. The van der Waals surface area contributed by atoms with Crippen LogP contribution in [0.3, 0.4) is 0 Å². The fraction of sp³-hybridized carbons (Fsp3) is 0.588. The van der Waals surface area contributed by atoms with Gasteiger partial charge in [0.2, 0.25) is 5.91 Å². The summed E-state index contributed by atoms with van der Waals surface area (Å²) in [5.74, 6) is 0.644. The van der Waals surface area contributed by atoms with Gasteiger partial charge in [0, 0.05) is 12.5 Å². The van der Waals surface area contributed by atoms with E-state index in [1.54, 1.807) is 18.1 Å². The number of hydrogen-bond donors (Lipinski definition) is 2. The number of methoxy groups -OCH3 is 1. The first-order valence-corrected chi connectivity index (χ1v) is 8.38. The Labute approximate surface area is 140 Å². The van der Waals surface area contributed by atoms with E-state index in [2.05, 4.69) is 0 Å². The molecular weight excluding hydrogens is 318 g/mol. The summed E-state index contributed by atoms with van der Waals surface area (Å²) in [5.41, 5.74) is 0.990. The highest BCUT2D eigenvalue weighted by molar-refractivity contribution is 6.32. The predicted octanol–water partition coefficient (Wildman–Crippen LogP) is 1.77. The molecule has 2 fully saturated rings. The van der Waals surface area contributed by atoms with E-state index in [1.165, 1.54) is 0 Å². The van der Waals surface area contributed by atoms with Crippen molar-refractivity contribution in [3.8, 4) is 5.75 Å². The van der Waals surface area contributed by atoms with E-state index < -0.39 is 12.2 Å². The van der Waals surface area contributed by atoms with Gasteiger partial charge >= 0.3 is 0 Å². The monoisotopic (exact) mass is 339 g/mol. The molecule has 0 aromatic heterocycles. The first-order valence-electron chi connectivity index (χ1n) is 8.01. The summed E-state index contributed by atoms with van der Waals surface area (Å²) < 4.78 is 5.19. The Morgan fingerprint density at radius 3 is 2.91 bits per heavy atom. The lowest BCUT2D eigenvalue weighted by atomic mass is 9.96. The number of carbonyl (C=O) groups excluding carboxylic acids is 1. The van der Waals surface area contributed by atoms with E-state index in [4.69, 9.17) is 16.3 Å². The number of piperidine rings is 1. The molecule has 0 unspecified atom stereocenters. The highest BCUT2D eigenvalue weighted by atomic mass is 35.5. The number of aliphatic hydroxyl groups is 2. The molecular formula is C17H22ClNO4. The fourth-order valence-corrected chi connectivity index (χ4v) is 3.98. The zero-order valence-electron chi connectivity index (χ0n) is 13.1. The minimum atomic E-state index is -0.826. The van der Waals surface area contributed by atoms with Crippen LogP contribution in [0.1, 0.15) is 31.2 Å². The molecule has 1 aromatic rings. The molecule has 23 heavy (non-hydrogen) atoms. The van der Waals surface area contributed by atoms with E-state index in [0.29, 0.717) is 30.0 Å². The number of ether oxygens (including phenoxy) is 1. The zero-order chi connectivity index (χ0) is 16.6. The summed E-state index contributed by atoms with van der Waals surface area (Å²) in [6, 6.07) is 5.33. The predicted molar refractivity (Wildman–Crippen MR) is 86.6 cm³/mol. The van der Waals surface area contributed by atoms with Crippen LogP contribution in [-0.4, -0.2) is 52.4 Å². The third-order valence-corrected chi connectivity index (χ3v) is 5.29. The number of hydrogen-bond acceptors (Lipinski definition) is 4. The second-order valence-electron chi connectivity index (χ2n) is 6.36. The van der Waals surface area contributed by atoms with Crippen LogP contribution in [0.5, 0.6) is 5.75 Å². The van der Waals surface area contributed by atoms with Gasteiger partial charge in [-0.05, 0) is 43.4 Å². The van der Waals surface area contributed by atoms with Crippen molar-refractivity contribution < 1.29 is 19.7 Å². The van der Waals surface area contributed by atoms with Crippen molar-refractivity contribution in [2.24, 2.45) is 0 Å². The molecule has 0 radical (unpaired) electrons. The third-order valence-electron chi connectivity index (χ3n) is 4.98. The van der Waals surface area contributed by atoms with Crippen LogP contribution in [-0.2, 0) is 11.2 Å². The number of halogens is 1. The molecule has 3 rings (SSSR count). The number of fused-ring (bicyclic) bond motifs is 2. The highest BCUT2D eigenvalue weighted by Crippen LogP contribution is 2.36. The van der Waals surface area contributed by atoms with Crippen molar-refractivity contribution in [3.05, 3.63) is 28.8 Å². The SMILES string of the molecule is COc1cc(CCC(=O)N2[C@@H]3CC[C@H]2[C@H](O)[C@H](O)C3)ccc1Cl.